The van der Waals surface area contributed by atoms with Crippen LogP contribution < -0.4 is 5.32 Å². The van der Waals surface area contributed by atoms with Crippen molar-refractivity contribution in [2.24, 2.45) is 0 Å². The Morgan fingerprint density at radius 2 is 1.88 bits per heavy atom. The van der Waals surface area contributed by atoms with Crippen molar-refractivity contribution in [3.63, 3.8) is 0 Å². The predicted molar refractivity (Wildman–Crippen MR) is 62.2 cm³/mol. The summed E-state index contributed by atoms with van der Waals surface area (Å²) in [4.78, 5) is 15.4. The molecule has 16 heavy (non-hydrogen) atoms. The Hall–Kier alpha value is -0.820. The number of likely N-dealkylation sites (N-methyl/N-ethyl adjacent to an activating group) is 1. The highest BCUT2D eigenvalue weighted by molar-refractivity contribution is 7.91. The molecule has 2 amide bonds. The number of hydrogen-bond acceptors (Lipinski definition) is 4. The second-order valence-corrected chi connectivity index (χ2v) is 6.81. The molecule has 0 unspecified atom stereocenters. The van der Waals surface area contributed by atoms with Crippen LogP contribution in [0.3, 0.4) is 0 Å². The van der Waals surface area contributed by atoms with Crippen molar-refractivity contribution in [3.05, 3.63) is 0 Å². The standard InChI is InChI=1S/C9H17N3O3S.H2/c1-11-6-8(7-11)10-9(13)12-2-4-16(14,15)5-3-12;/h8H,2-7H2,1H3,(H,10,13);1H. The number of urea groups is 1. The van der Waals surface area contributed by atoms with Crippen molar-refractivity contribution < 1.29 is 14.6 Å². The normalized spacial score (nSPS) is 26.2. The summed E-state index contributed by atoms with van der Waals surface area (Å²) in [5.41, 5.74) is 0. The van der Waals surface area contributed by atoms with Crippen molar-refractivity contribution >= 4 is 15.9 Å². The highest BCUT2D eigenvalue weighted by Gasteiger charge is 2.29. The maximum absolute atomic E-state index is 11.7. The van der Waals surface area contributed by atoms with Crippen molar-refractivity contribution in [1.82, 2.24) is 15.1 Å². The summed E-state index contributed by atoms with van der Waals surface area (Å²) < 4.78 is 22.4. The molecule has 1 N–H and O–H groups in total. The first-order chi connectivity index (χ1) is 7.46. The lowest BCUT2D eigenvalue weighted by Gasteiger charge is -2.38. The Bertz CT molecular complexity index is 367. The third-order valence-corrected chi connectivity index (χ3v) is 4.63. The molecule has 2 heterocycles. The molecule has 0 atom stereocenters. The Labute approximate surface area is 97.0 Å². The summed E-state index contributed by atoms with van der Waals surface area (Å²) in [6.45, 7) is 2.38. The largest absolute Gasteiger partial charge is 0.333 e. The molecule has 2 rings (SSSR count). The molecule has 0 spiro atoms. The van der Waals surface area contributed by atoms with Gasteiger partial charge in [-0.1, -0.05) is 0 Å². The van der Waals surface area contributed by atoms with E-state index in [1.165, 1.54) is 0 Å². The molecule has 0 aromatic carbocycles. The van der Waals surface area contributed by atoms with Gasteiger partial charge in [-0.15, -0.1) is 0 Å². The van der Waals surface area contributed by atoms with Gasteiger partial charge in [-0.05, 0) is 7.05 Å². The zero-order valence-electron chi connectivity index (χ0n) is 9.35. The zero-order valence-corrected chi connectivity index (χ0v) is 10.2. The molecular formula is C9H19N3O3S. The fraction of sp³-hybridized carbons (Fsp3) is 0.889. The van der Waals surface area contributed by atoms with E-state index in [0.29, 0.717) is 13.1 Å². The van der Waals surface area contributed by atoms with Gasteiger partial charge in [0.1, 0.15) is 0 Å². The summed E-state index contributed by atoms with van der Waals surface area (Å²) in [5.74, 6) is 0.177. The number of sulfone groups is 1. The van der Waals surface area contributed by atoms with E-state index in [4.69, 9.17) is 0 Å². The van der Waals surface area contributed by atoms with Crippen molar-refractivity contribution in [3.8, 4) is 0 Å². The molecule has 0 radical (unpaired) electrons. The van der Waals surface area contributed by atoms with E-state index in [1.54, 1.807) is 4.90 Å². The first-order valence-electron chi connectivity index (χ1n) is 5.41. The van der Waals surface area contributed by atoms with E-state index in [9.17, 15) is 13.2 Å². The van der Waals surface area contributed by atoms with Crippen LogP contribution in [0.4, 0.5) is 4.79 Å². The fourth-order valence-electron chi connectivity index (χ4n) is 1.97. The Morgan fingerprint density at radius 3 is 2.38 bits per heavy atom. The van der Waals surface area contributed by atoms with Crippen LogP contribution in [-0.4, -0.2) is 75.0 Å². The smallest absolute Gasteiger partial charge is 0.317 e. The van der Waals surface area contributed by atoms with Crippen molar-refractivity contribution in [2.75, 3.05) is 44.7 Å². The van der Waals surface area contributed by atoms with Crippen LogP contribution in [0.5, 0.6) is 0 Å². The number of carbonyl (C=O) groups excluding carboxylic acids is 1. The first kappa shape index (κ1) is 11.7. The van der Waals surface area contributed by atoms with Gasteiger partial charge in [0.15, 0.2) is 9.84 Å². The fourth-order valence-corrected chi connectivity index (χ4v) is 3.17. The second kappa shape index (κ2) is 4.21. The van der Waals surface area contributed by atoms with Crippen LogP contribution in [0, 0.1) is 0 Å². The monoisotopic (exact) mass is 249 g/mol. The molecule has 0 bridgehead atoms. The SMILES string of the molecule is CN1CC(NC(=O)N2CCS(=O)(=O)CC2)C1.[HH]. The van der Waals surface area contributed by atoms with E-state index in [0.717, 1.165) is 13.1 Å². The van der Waals surface area contributed by atoms with Crippen LogP contribution in [-0.2, 0) is 9.84 Å². The first-order valence-corrected chi connectivity index (χ1v) is 7.23. The number of carbonyl (C=O) groups is 1. The van der Waals surface area contributed by atoms with E-state index in [1.807, 2.05) is 7.05 Å². The molecule has 0 saturated carbocycles. The molecule has 2 aliphatic rings. The van der Waals surface area contributed by atoms with Gasteiger partial charge in [0, 0.05) is 27.6 Å². The minimum Gasteiger partial charge on any atom is -0.333 e. The van der Waals surface area contributed by atoms with Gasteiger partial charge < -0.3 is 15.1 Å². The molecule has 7 heteroatoms. The average Bonchev–Trinajstić information content (AvgIpc) is 2.15. The number of hydrogen-bond donors (Lipinski definition) is 1. The Balaban J connectivity index is 0.00000144. The number of nitrogens with zero attached hydrogens (tertiary/aromatic N) is 2. The van der Waals surface area contributed by atoms with E-state index >= 15 is 0 Å². The average molecular weight is 249 g/mol. The van der Waals surface area contributed by atoms with E-state index in [2.05, 4.69) is 10.2 Å². The van der Waals surface area contributed by atoms with Crippen LogP contribution in [0.2, 0.25) is 0 Å². The lowest BCUT2D eigenvalue weighted by atomic mass is 10.1. The molecule has 6 nitrogen and oxygen atoms in total. The number of likely N-dealkylation sites (tertiary alicyclic amines) is 1. The topological polar surface area (TPSA) is 69.7 Å². The zero-order chi connectivity index (χ0) is 11.8. The summed E-state index contributed by atoms with van der Waals surface area (Å²) in [7, 11) is -0.912. The van der Waals surface area contributed by atoms with Crippen molar-refractivity contribution in [1.29, 1.82) is 0 Å². The van der Waals surface area contributed by atoms with E-state index in [-0.39, 0.29) is 25.0 Å². The summed E-state index contributed by atoms with van der Waals surface area (Å²) in [6.07, 6.45) is 0. The molecule has 0 aromatic rings. The quantitative estimate of drug-likeness (QED) is 0.646. The van der Waals surface area contributed by atoms with Gasteiger partial charge in [-0.3, -0.25) is 0 Å². The van der Waals surface area contributed by atoms with Gasteiger partial charge in [0.2, 0.25) is 0 Å². The van der Waals surface area contributed by atoms with E-state index < -0.39 is 9.84 Å². The van der Waals surface area contributed by atoms with Gasteiger partial charge in [-0.25, -0.2) is 13.2 Å². The molecule has 0 aromatic heterocycles. The third-order valence-electron chi connectivity index (χ3n) is 3.02. The van der Waals surface area contributed by atoms with Crippen LogP contribution >= 0.6 is 0 Å². The molecule has 0 aliphatic carbocycles. The number of rotatable bonds is 1. The van der Waals surface area contributed by atoms with Crippen LogP contribution in [0.15, 0.2) is 0 Å². The summed E-state index contributed by atoms with van der Waals surface area (Å²) >= 11 is 0. The lowest BCUT2D eigenvalue weighted by Crippen LogP contribution is -2.60. The maximum Gasteiger partial charge on any atom is 0.317 e. The molecule has 2 aliphatic heterocycles. The van der Waals surface area contributed by atoms with Gasteiger partial charge in [-0.2, -0.15) is 0 Å². The number of nitrogens with one attached hydrogen (secondary N) is 1. The van der Waals surface area contributed by atoms with Gasteiger partial charge in [0.05, 0.1) is 17.5 Å². The highest BCUT2D eigenvalue weighted by atomic mass is 32.2. The Morgan fingerprint density at radius 1 is 1.31 bits per heavy atom. The minimum atomic E-state index is -2.91. The Kier molecular flexibility index (Phi) is 3.07. The summed E-state index contributed by atoms with van der Waals surface area (Å²) in [6, 6.07) is 0.0871. The maximum atomic E-state index is 11.7. The van der Waals surface area contributed by atoms with Crippen LogP contribution in [0.1, 0.15) is 1.43 Å². The molecule has 94 valence electrons. The minimum absolute atomic E-state index is 0. The summed E-state index contributed by atoms with van der Waals surface area (Å²) in [5, 5.41) is 2.89. The van der Waals surface area contributed by atoms with Gasteiger partial charge in [0.25, 0.3) is 0 Å². The van der Waals surface area contributed by atoms with Crippen molar-refractivity contribution in [2.45, 2.75) is 6.04 Å². The van der Waals surface area contributed by atoms with Gasteiger partial charge >= 0.3 is 6.03 Å². The van der Waals surface area contributed by atoms with Crippen LogP contribution in [0.25, 0.3) is 0 Å². The number of amides is 2. The molecule has 2 saturated heterocycles. The third kappa shape index (κ3) is 2.65. The molecular weight excluding hydrogens is 230 g/mol. The highest BCUT2D eigenvalue weighted by Crippen LogP contribution is 2.07. The lowest BCUT2D eigenvalue weighted by molar-refractivity contribution is 0.147. The molecule has 2 fully saturated rings. The second-order valence-electron chi connectivity index (χ2n) is 4.51. The predicted octanol–water partition coefficient (Wildman–Crippen LogP) is -1.01.